The van der Waals surface area contributed by atoms with E-state index in [2.05, 4.69) is 64.1 Å². The van der Waals surface area contributed by atoms with Gasteiger partial charge in [0.2, 0.25) is 0 Å². The van der Waals surface area contributed by atoms with Crippen molar-refractivity contribution in [2.75, 3.05) is 24.3 Å². The summed E-state index contributed by atoms with van der Waals surface area (Å²) in [6, 6.07) is 29.7. The average Bonchev–Trinajstić information content (AvgIpc) is 3.01. The van der Waals surface area contributed by atoms with Crippen molar-refractivity contribution < 1.29 is 4.79 Å². The molecule has 1 aromatic heterocycles. The Kier molecular flexibility index (Phi) is 9.65. The minimum atomic E-state index is -0.145. The van der Waals surface area contributed by atoms with Gasteiger partial charge in [0.15, 0.2) is 0 Å². The lowest BCUT2D eigenvalue weighted by Gasteiger charge is -2.24. The van der Waals surface area contributed by atoms with Crippen molar-refractivity contribution in [3.8, 4) is 11.1 Å². The van der Waals surface area contributed by atoms with Crippen molar-refractivity contribution >= 4 is 17.4 Å². The van der Waals surface area contributed by atoms with Gasteiger partial charge in [0, 0.05) is 63.5 Å². The fourth-order valence-corrected chi connectivity index (χ4v) is 5.36. The van der Waals surface area contributed by atoms with Crippen LogP contribution >= 0.6 is 0 Å². The smallest absolute Gasteiger partial charge is 0.322 e. The predicted molar refractivity (Wildman–Crippen MR) is 169 cm³/mol. The molecule has 0 aliphatic heterocycles. The maximum Gasteiger partial charge on any atom is 0.322 e. The van der Waals surface area contributed by atoms with Crippen molar-refractivity contribution in [2.45, 2.75) is 57.8 Å². The van der Waals surface area contributed by atoms with Crippen LogP contribution in [0.4, 0.5) is 16.2 Å². The SMILES string of the molecule is CN(C)c1ccc(NC(=O)N(Cc2ccc(-c3ccc(CNC4CCCCC4)cc3)cc2)Cc2cccnc2)cc1. The first-order valence-electron chi connectivity index (χ1n) is 14.7. The Morgan fingerprint density at radius 2 is 1.41 bits per heavy atom. The molecule has 2 amide bonds. The first-order valence-corrected chi connectivity index (χ1v) is 14.7. The summed E-state index contributed by atoms with van der Waals surface area (Å²) in [4.78, 5) is 21.5. The molecule has 1 saturated carbocycles. The third-order valence-electron chi connectivity index (χ3n) is 7.83. The Labute approximate surface area is 244 Å². The number of carbonyl (C=O) groups is 1. The first-order chi connectivity index (χ1) is 20.0. The van der Waals surface area contributed by atoms with E-state index in [1.54, 1.807) is 6.20 Å². The molecule has 1 fully saturated rings. The van der Waals surface area contributed by atoms with E-state index in [-0.39, 0.29) is 6.03 Å². The molecular weight excluding hydrogens is 506 g/mol. The van der Waals surface area contributed by atoms with Gasteiger partial charge in [0.05, 0.1) is 0 Å². The molecule has 4 aromatic rings. The maximum absolute atomic E-state index is 13.4. The van der Waals surface area contributed by atoms with Crippen molar-refractivity contribution in [1.29, 1.82) is 0 Å². The van der Waals surface area contributed by atoms with Crippen LogP contribution in [0.3, 0.4) is 0 Å². The van der Waals surface area contributed by atoms with Gasteiger partial charge in [0.1, 0.15) is 0 Å². The van der Waals surface area contributed by atoms with E-state index in [1.807, 2.05) is 66.5 Å². The van der Waals surface area contributed by atoms with E-state index >= 15 is 0 Å². The van der Waals surface area contributed by atoms with Crippen molar-refractivity contribution in [3.63, 3.8) is 0 Å². The van der Waals surface area contributed by atoms with Gasteiger partial charge in [0.25, 0.3) is 0 Å². The number of anilines is 2. The third-order valence-corrected chi connectivity index (χ3v) is 7.83. The highest BCUT2D eigenvalue weighted by Crippen LogP contribution is 2.23. The molecule has 1 aliphatic carbocycles. The molecule has 0 saturated heterocycles. The number of aromatic nitrogens is 1. The lowest BCUT2D eigenvalue weighted by Crippen LogP contribution is -2.34. The zero-order chi connectivity index (χ0) is 28.4. The largest absolute Gasteiger partial charge is 0.378 e. The van der Waals surface area contributed by atoms with Gasteiger partial charge < -0.3 is 20.4 Å². The van der Waals surface area contributed by atoms with Crippen molar-refractivity contribution in [1.82, 2.24) is 15.2 Å². The number of rotatable bonds is 10. The van der Waals surface area contributed by atoms with Crippen molar-refractivity contribution in [2.24, 2.45) is 0 Å². The fraction of sp³-hybridized carbons (Fsp3) is 0.314. The summed E-state index contributed by atoms with van der Waals surface area (Å²) in [6.07, 6.45) is 10.2. The summed E-state index contributed by atoms with van der Waals surface area (Å²) in [5, 5.41) is 6.79. The molecule has 212 valence electrons. The first kappa shape index (κ1) is 28.4. The van der Waals surface area contributed by atoms with E-state index in [0.29, 0.717) is 19.1 Å². The monoisotopic (exact) mass is 547 g/mol. The number of pyridine rings is 1. The predicted octanol–water partition coefficient (Wildman–Crippen LogP) is 7.47. The van der Waals surface area contributed by atoms with Crippen LogP contribution in [0.5, 0.6) is 0 Å². The highest BCUT2D eigenvalue weighted by atomic mass is 16.2. The summed E-state index contributed by atoms with van der Waals surface area (Å²) in [5.41, 5.74) is 7.60. The Bertz CT molecular complexity index is 1360. The lowest BCUT2D eigenvalue weighted by molar-refractivity contribution is 0.206. The van der Waals surface area contributed by atoms with Crippen LogP contribution in [0.2, 0.25) is 0 Å². The zero-order valence-electron chi connectivity index (χ0n) is 24.2. The van der Waals surface area contributed by atoms with E-state index in [0.717, 1.165) is 29.0 Å². The minimum Gasteiger partial charge on any atom is -0.378 e. The van der Waals surface area contributed by atoms with Gasteiger partial charge in [-0.25, -0.2) is 4.79 Å². The van der Waals surface area contributed by atoms with E-state index < -0.39 is 0 Å². The fourth-order valence-electron chi connectivity index (χ4n) is 5.36. The Balaban J connectivity index is 1.23. The molecule has 6 heteroatoms. The lowest BCUT2D eigenvalue weighted by atomic mass is 9.95. The molecule has 0 unspecified atom stereocenters. The number of nitrogens with one attached hydrogen (secondary N) is 2. The summed E-state index contributed by atoms with van der Waals surface area (Å²) >= 11 is 0. The van der Waals surface area contributed by atoms with E-state index in [1.165, 1.54) is 48.8 Å². The molecule has 0 atom stereocenters. The molecule has 0 spiro atoms. The highest BCUT2D eigenvalue weighted by molar-refractivity contribution is 5.89. The zero-order valence-corrected chi connectivity index (χ0v) is 24.2. The average molecular weight is 548 g/mol. The van der Waals surface area contributed by atoms with Crippen LogP contribution in [0, 0.1) is 0 Å². The highest BCUT2D eigenvalue weighted by Gasteiger charge is 2.16. The van der Waals surface area contributed by atoms with Crippen LogP contribution in [0.1, 0.15) is 48.8 Å². The minimum absolute atomic E-state index is 0.145. The molecule has 41 heavy (non-hydrogen) atoms. The quantitative estimate of drug-likeness (QED) is 0.216. The molecular formula is C35H41N5O. The van der Waals surface area contributed by atoms with Crippen molar-refractivity contribution in [3.05, 3.63) is 114 Å². The molecule has 0 radical (unpaired) electrons. The van der Waals surface area contributed by atoms with Crippen LogP contribution in [-0.4, -0.2) is 36.1 Å². The normalized spacial score (nSPS) is 13.5. The van der Waals surface area contributed by atoms with Crippen LogP contribution in [-0.2, 0) is 19.6 Å². The van der Waals surface area contributed by atoms with E-state index in [9.17, 15) is 4.79 Å². The number of nitrogens with zero attached hydrogens (tertiary/aromatic N) is 3. The van der Waals surface area contributed by atoms with E-state index in [4.69, 9.17) is 0 Å². The topological polar surface area (TPSA) is 60.5 Å². The second-order valence-corrected chi connectivity index (χ2v) is 11.2. The molecule has 3 aromatic carbocycles. The number of urea groups is 1. The molecule has 0 bridgehead atoms. The molecule has 5 rings (SSSR count). The number of benzene rings is 3. The molecule has 1 heterocycles. The second-order valence-electron chi connectivity index (χ2n) is 11.2. The summed E-state index contributed by atoms with van der Waals surface area (Å²) in [5.74, 6) is 0. The summed E-state index contributed by atoms with van der Waals surface area (Å²) < 4.78 is 0. The number of carbonyl (C=O) groups excluding carboxylic acids is 1. The Morgan fingerprint density at radius 1 is 0.780 bits per heavy atom. The van der Waals surface area contributed by atoms with Gasteiger partial charge in [-0.15, -0.1) is 0 Å². The Morgan fingerprint density at radius 3 is 2.02 bits per heavy atom. The van der Waals surface area contributed by atoms with Crippen LogP contribution in [0.15, 0.2) is 97.3 Å². The number of hydrogen-bond acceptors (Lipinski definition) is 4. The number of amides is 2. The van der Waals surface area contributed by atoms with Crippen LogP contribution < -0.4 is 15.5 Å². The Hall–Kier alpha value is -4.16. The standard InChI is InChI=1S/C35H41N5O/c1-39(2)34-20-18-33(19-21-34)38-35(41)40(26-29-7-6-22-36-23-29)25-28-12-16-31(17-13-28)30-14-10-27(11-15-30)24-37-32-8-4-3-5-9-32/h6-7,10-23,32,37H,3-5,8-9,24-26H2,1-2H3,(H,38,41). The van der Waals surface area contributed by atoms with Gasteiger partial charge >= 0.3 is 6.03 Å². The van der Waals surface area contributed by atoms with Gasteiger partial charge in [-0.3, -0.25) is 4.98 Å². The van der Waals surface area contributed by atoms with Gasteiger partial charge in [-0.2, -0.15) is 0 Å². The number of hydrogen-bond donors (Lipinski definition) is 2. The third kappa shape index (κ3) is 8.18. The molecule has 6 nitrogen and oxygen atoms in total. The summed E-state index contributed by atoms with van der Waals surface area (Å²) in [7, 11) is 4.00. The van der Waals surface area contributed by atoms with Crippen LogP contribution in [0.25, 0.3) is 11.1 Å². The van der Waals surface area contributed by atoms with Gasteiger partial charge in [-0.1, -0.05) is 73.9 Å². The second kappa shape index (κ2) is 14.0. The van der Waals surface area contributed by atoms with Gasteiger partial charge in [-0.05, 0) is 71.0 Å². The maximum atomic E-state index is 13.4. The molecule has 2 N–H and O–H groups in total. The molecule has 1 aliphatic rings. The summed E-state index contributed by atoms with van der Waals surface area (Å²) in [6.45, 7) is 1.88.